The summed E-state index contributed by atoms with van der Waals surface area (Å²) >= 11 is 3.61. The molecule has 0 atom stereocenters. The molecule has 0 saturated heterocycles. The first-order chi connectivity index (χ1) is 10.7. The molecule has 0 unspecified atom stereocenters. The van der Waals surface area contributed by atoms with Crippen molar-refractivity contribution in [2.45, 2.75) is 97.8 Å². The third-order valence-corrected chi connectivity index (χ3v) is 5.53. The molecule has 0 spiro atoms. The molecule has 0 aliphatic heterocycles. The smallest absolute Gasteiger partial charge is 0.0786 e. The minimum absolute atomic E-state index is 1.17. The van der Waals surface area contributed by atoms with Crippen molar-refractivity contribution in [1.29, 1.82) is 0 Å². The van der Waals surface area contributed by atoms with Gasteiger partial charge in [-0.05, 0) is 44.9 Å². The molecule has 0 fully saturated rings. The molecule has 0 saturated carbocycles. The van der Waals surface area contributed by atoms with E-state index in [1.54, 1.807) is 0 Å². The predicted octanol–water partition coefficient (Wildman–Crippen LogP) is 6.94. The normalized spacial score (nSPS) is 12.0. The molecular weight excluding hydrogens is 334 g/mol. The van der Waals surface area contributed by atoms with Crippen molar-refractivity contribution in [3.8, 4) is 0 Å². The second-order valence-corrected chi connectivity index (χ2v) is 7.90. The minimum Gasteiger partial charge on any atom is -0.324 e. The van der Waals surface area contributed by atoms with Crippen LogP contribution in [0.25, 0.3) is 0 Å². The molecule has 0 heterocycles. The average molecular weight is 377 g/mol. The number of unbranched alkanes of at least 4 members (excludes halogenated alkanes) is 8. The van der Waals surface area contributed by atoms with Crippen LogP contribution in [0.3, 0.4) is 0 Å². The molecule has 2 heteroatoms. The van der Waals surface area contributed by atoms with Crippen molar-refractivity contribution < 1.29 is 4.48 Å². The Hall–Kier alpha value is 0.440. The van der Waals surface area contributed by atoms with Crippen LogP contribution in [0.1, 0.15) is 97.8 Å². The first-order valence-corrected chi connectivity index (χ1v) is 11.3. The van der Waals surface area contributed by atoms with Gasteiger partial charge in [-0.15, -0.1) is 0 Å². The highest BCUT2D eigenvalue weighted by Gasteiger charge is 2.25. The molecule has 0 aromatic rings. The van der Waals surface area contributed by atoms with Crippen LogP contribution in [-0.2, 0) is 0 Å². The topological polar surface area (TPSA) is 0 Å². The molecule has 0 N–H and O–H groups in total. The van der Waals surface area contributed by atoms with E-state index in [0.717, 1.165) is 0 Å². The monoisotopic (exact) mass is 376 g/mol. The first kappa shape index (κ1) is 22.4. The lowest BCUT2D eigenvalue weighted by molar-refractivity contribution is -0.929. The van der Waals surface area contributed by atoms with Crippen molar-refractivity contribution in [1.82, 2.24) is 0 Å². The number of hydrogen-bond donors (Lipinski definition) is 0. The third-order valence-electron chi connectivity index (χ3n) is 4.97. The van der Waals surface area contributed by atoms with Gasteiger partial charge in [0.15, 0.2) is 0 Å². The molecule has 134 valence electrons. The maximum atomic E-state index is 3.61. The lowest BCUT2D eigenvalue weighted by Gasteiger charge is -2.39. The maximum absolute atomic E-state index is 3.61. The largest absolute Gasteiger partial charge is 0.324 e. The van der Waals surface area contributed by atoms with E-state index in [1.807, 2.05) is 0 Å². The highest BCUT2D eigenvalue weighted by atomic mass is 79.9. The van der Waals surface area contributed by atoms with E-state index in [2.05, 4.69) is 36.7 Å². The van der Waals surface area contributed by atoms with Gasteiger partial charge in [-0.3, -0.25) is 0 Å². The first-order valence-electron chi connectivity index (χ1n) is 10.2. The van der Waals surface area contributed by atoms with Crippen LogP contribution >= 0.6 is 15.9 Å². The summed E-state index contributed by atoms with van der Waals surface area (Å²) in [5.74, 6) is 0. The number of rotatable bonds is 17. The summed E-state index contributed by atoms with van der Waals surface area (Å²) in [5.41, 5.74) is 0. The lowest BCUT2D eigenvalue weighted by atomic mass is 10.1. The van der Waals surface area contributed by atoms with Crippen LogP contribution in [0, 0.1) is 0 Å². The van der Waals surface area contributed by atoms with Crippen molar-refractivity contribution in [2.75, 3.05) is 31.5 Å². The zero-order valence-corrected chi connectivity index (χ0v) is 17.4. The van der Waals surface area contributed by atoms with Gasteiger partial charge in [-0.25, -0.2) is 0 Å². The van der Waals surface area contributed by atoms with Crippen molar-refractivity contribution in [2.24, 2.45) is 0 Å². The third kappa shape index (κ3) is 11.9. The SMILES string of the molecule is CCCCCC[N+](CCCC)(CCCCBr)CCCCCC. The Balaban J connectivity index is 4.49. The Bertz CT molecular complexity index is 206. The predicted molar refractivity (Wildman–Crippen MR) is 106 cm³/mol. The van der Waals surface area contributed by atoms with Gasteiger partial charge in [-0.1, -0.05) is 68.8 Å². The number of alkyl halides is 1. The van der Waals surface area contributed by atoms with Crippen LogP contribution in [0.2, 0.25) is 0 Å². The number of nitrogens with zero attached hydrogens (tertiary/aromatic N) is 1. The summed E-state index contributed by atoms with van der Waals surface area (Å²) < 4.78 is 1.42. The number of halogens is 1. The molecular formula is C20H43BrN+. The molecule has 0 rings (SSSR count). The fourth-order valence-electron chi connectivity index (χ4n) is 3.45. The summed E-state index contributed by atoms with van der Waals surface area (Å²) in [6.45, 7) is 12.7. The van der Waals surface area contributed by atoms with E-state index in [4.69, 9.17) is 0 Å². The van der Waals surface area contributed by atoms with E-state index in [1.165, 1.54) is 113 Å². The Morgan fingerprint density at radius 1 is 0.500 bits per heavy atom. The summed E-state index contributed by atoms with van der Waals surface area (Å²) in [6.07, 6.45) is 16.8. The molecule has 0 aliphatic rings. The van der Waals surface area contributed by atoms with E-state index in [-0.39, 0.29) is 0 Å². The van der Waals surface area contributed by atoms with Crippen LogP contribution < -0.4 is 0 Å². The van der Waals surface area contributed by atoms with Gasteiger partial charge in [0.2, 0.25) is 0 Å². The van der Waals surface area contributed by atoms with Crippen molar-refractivity contribution in [3.05, 3.63) is 0 Å². The van der Waals surface area contributed by atoms with Gasteiger partial charge in [0.05, 0.1) is 26.2 Å². The summed E-state index contributed by atoms with van der Waals surface area (Å²) in [4.78, 5) is 0. The van der Waals surface area contributed by atoms with Gasteiger partial charge in [-0.2, -0.15) is 0 Å². The van der Waals surface area contributed by atoms with E-state index in [9.17, 15) is 0 Å². The molecule has 0 aromatic heterocycles. The van der Waals surface area contributed by atoms with Gasteiger partial charge >= 0.3 is 0 Å². The van der Waals surface area contributed by atoms with Crippen molar-refractivity contribution in [3.63, 3.8) is 0 Å². The van der Waals surface area contributed by atoms with Gasteiger partial charge in [0.25, 0.3) is 0 Å². The second-order valence-electron chi connectivity index (χ2n) is 7.11. The van der Waals surface area contributed by atoms with Gasteiger partial charge in [0.1, 0.15) is 0 Å². The van der Waals surface area contributed by atoms with E-state index < -0.39 is 0 Å². The summed E-state index contributed by atoms with van der Waals surface area (Å²) in [5, 5.41) is 1.17. The fraction of sp³-hybridized carbons (Fsp3) is 1.00. The molecule has 0 amide bonds. The Kier molecular flexibility index (Phi) is 16.6. The second kappa shape index (κ2) is 16.3. The molecule has 1 nitrogen and oxygen atoms in total. The highest BCUT2D eigenvalue weighted by Crippen LogP contribution is 2.18. The highest BCUT2D eigenvalue weighted by molar-refractivity contribution is 9.09. The molecule has 0 bridgehead atoms. The number of hydrogen-bond acceptors (Lipinski definition) is 0. The van der Waals surface area contributed by atoms with E-state index in [0.29, 0.717) is 0 Å². The van der Waals surface area contributed by atoms with Crippen LogP contribution in [0.15, 0.2) is 0 Å². The van der Waals surface area contributed by atoms with Gasteiger partial charge < -0.3 is 4.48 Å². The zero-order valence-electron chi connectivity index (χ0n) is 15.8. The fourth-order valence-corrected chi connectivity index (χ4v) is 3.85. The van der Waals surface area contributed by atoms with Gasteiger partial charge in [0, 0.05) is 5.33 Å². The van der Waals surface area contributed by atoms with Crippen LogP contribution in [-0.4, -0.2) is 36.0 Å². The molecule has 0 aliphatic carbocycles. The van der Waals surface area contributed by atoms with E-state index >= 15 is 0 Å². The maximum Gasteiger partial charge on any atom is 0.0786 e. The summed E-state index contributed by atoms with van der Waals surface area (Å²) in [7, 11) is 0. The Morgan fingerprint density at radius 3 is 1.32 bits per heavy atom. The minimum atomic E-state index is 1.17. The van der Waals surface area contributed by atoms with Crippen LogP contribution in [0.5, 0.6) is 0 Å². The quantitative estimate of drug-likeness (QED) is 0.146. The standard InChI is InChI=1S/C20H43BrN/c1-4-7-10-13-18-22(17-9-6-3,20-15-12-16-21)19-14-11-8-5-2/h4-20H2,1-3H3/q+1. The average Bonchev–Trinajstić information content (AvgIpc) is 2.54. The van der Waals surface area contributed by atoms with Crippen molar-refractivity contribution >= 4 is 15.9 Å². The number of quaternary nitrogens is 1. The zero-order chi connectivity index (χ0) is 16.5. The molecule has 0 radical (unpaired) electrons. The molecule has 22 heavy (non-hydrogen) atoms. The Labute approximate surface area is 150 Å². The molecule has 0 aromatic carbocycles. The lowest BCUT2D eigenvalue weighted by Crippen LogP contribution is -2.50. The van der Waals surface area contributed by atoms with Crippen LogP contribution in [0.4, 0.5) is 0 Å². The summed E-state index contributed by atoms with van der Waals surface area (Å²) in [6, 6.07) is 0. The Morgan fingerprint density at radius 2 is 0.909 bits per heavy atom.